The number of methoxy groups -OCH3 is 1. The molecule has 0 radical (unpaired) electrons. The Hall–Kier alpha value is -1.51. The Balaban J connectivity index is 2.18. The van der Waals surface area contributed by atoms with Gasteiger partial charge in [-0.3, -0.25) is 4.79 Å². The van der Waals surface area contributed by atoms with Crippen LogP contribution in [0.4, 0.5) is 0 Å². The standard InChI is InChI=1S/C18H28O3/c1-3-4-5-6-7-8-9-10-13-21-18-14-16(15-19)11-12-17(18)20-2/h11-12,14-15H,3-10,13H2,1-2H3. The second kappa shape index (κ2) is 11.2. The Kier molecular flexibility index (Phi) is 9.34. The van der Waals surface area contributed by atoms with Crippen molar-refractivity contribution in [2.45, 2.75) is 58.3 Å². The van der Waals surface area contributed by atoms with E-state index in [1.165, 1.54) is 44.9 Å². The van der Waals surface area contributed by atoms with Crippen molar-refractivity contribution in [1.82, 2.24) is 0 Å². The molecule has 3 heteroatoms. The number of carbonyl (C=O) groups is 1. The second-order valence-corrected chi connectivity index (χ2v) is 5.35. The summed E-state index contributed by atoms with van der Waals surface area (Å²) in [5.74, 6) is 1.34. The maximum Gasteiger partial charge on any atom is 0.161 e. The van der Waals surface area contributed by atoms with Crippen molar-refractivity contribution in [1.29, 1.82) is 0 Å². The summed E-state index contributed by atoms with van der Waals surface area (Å²) in [7, 11) is 1.61. The predicted octanol–water partition coefficient (Wildman–Crippen LogP) is 5.03. The predicted molar refractivity (Wildman–Crippen MR) is 86.5 cm³/mol. The highest BCUT2D eigenvalue weighted by Gasteiger charge is 2.05. The van der Waals surface area contributed by atoms with Crippen LogP contribution in [-0.4, -0.2) is 20.0 Å². The highest BCUT2D eigenvalue weighted by Crippen LogP contribution is 2.27. The first kappa shape index (κ1) is 17.5. The smallest absolute Gasteiger partial charge is 0.161 e. The molecule has 0 saturated carbocycles. The molecule has 0 aromatic heterocycles. The summed E-state index contributed by atoms with van der Waals surface area (Å²) >= 11 is 0. The molecule has 1 rings (SSSR count). The van der Waals surface area contributed by atoms with Crippen molar-refractivity contribution in [3.63, 3.8) is 0 Å². The third-order valence-electron chi connectivity index (χ3n) is 3.58. The van der Waals surface area contributed by atoms with E-state index in [2.05, 4.69) is 6.92 Å². The molecule has 0 amide bonds. The summed E-state index contributed by atoms with van der Waals surface area (Å²) in [5, 5.41) is 0. The molecule has 0 bridgehead atoms. The Morgan fingerprint density at radius 1 is 0.952 bits per heavy atom. The molecule has 0 N–H and O–H groups in total. The summed E-state index contributed by atoms with van der Waals surface area (Å²) in [5.41, 5.74) is 0.613. The van der Waals surface area contributed by atoms with Gasteiger partial charge in [0.1, 0.15) is 6.29 Å². The monoisotopic (exact) mass is 292 g/mol. The topological polar surface area (TPSA) is 35.5 Å². The molecular formula is C18H28O3. The van der Waals surface area contributed by atoms with E-state index in [-0.39, 0.29) is 0 Å². The molecule has 3 nitrogen and oxygen atoms in total. The van der Waals surface area contributed by atoms with Gasteiger partial charge in [-0.2, -0.15) is 0 Å². The van der Waals surface area contributed by atoms with Crippen LogP contribution >= 0.6 is 0 Å². The lowest BCUT2D eigenvalue weighted by atomic mass is 10.1. The molecule has 0 atom stereocenters. The van der Waals surface area contributed by atoms with E-state index in [0.29, 0.717) is 23.7 Å². The van der Waals surface area contributed by atoms with Gasteiger partial charge < -0.3 is 9.47 Å². The van der Waals surface area contributed by atoms with Gasteiger partial charge >= 0.3 is 0 Å². The van der Waals surface area contributed by atoms with Gasteiger partial charge in [-0.25, -0.2) is 0 Å². The van der Waals surface area contributed by atoms with Crippen molar-refractivity contribution >= 4 is 6.29 Å². The molecule has 0 unspecified atom stereocenters. The zero-order valence-electron chi connectivity index (χ0n) is 13.4. The van der Waals surface area contributed by atoms with E-state index in [4.69, 9.17) is 9.47 Å². The van der Waals surface area contributed by atoms with Crippen molar-refractivity contribution in [3.8, 4) is 11.5 Å². The van der Waals surface area contributed by atoms with E-state index >= 15 is 0 Å². The van der Waals surface area contributed by atoms with Gasteiger partial charge in [0, 0.05) is 5.56 Å². The first-order valence-electron chi connectivity index (χ1n) is 8.07. The van der Waals surface area contributed by atoms with Crippen LogP contribution in [0.3, 0.4) is 0 Å². The molecule has 1 aromatic carbocycles. The van der Waals surface area contributed by atoms with E-state index in [0.717, 1.165) is 12.7 Å². The third-order valence-corrected chi connectivity index (χ3v) is 3.58. The van der Waals surface area contributed by atoms with Crippen LogP contribution < -0.4 is 9.47 Å². The molecule has 0 aliphatic rings. The second-order valence-electron chi connectivity index (χ2n) is 5.35. The van der Waals surface area contributed by atoms with Gasteiger partial charge in [-0.1, -0.05) is 51.9 Å². The minimum Gasteiger partial charge on any atom is -0.493 e. The van der Waals surface area contributed by atoms with Crippen LogP contribution in [0.2, 0.25) is 0 Å². The summed E-state index contributed by atoms with van der Waals surface area (Å²) in [4.78, 5) is 10.8. The summed E-state index contributed by atoms with van der Waals surface area (Å²) < 4.78 is 11.0. The van der Waals surface area contributed by atoms with Crippen LogP contribution in [-0.2, 0) is 0 Å². The first-order chi connectivity index (χ1) is 10.3. The van der Waals surface area contributed by atoms with E-state index in [9.17, 15) is 4.79 Å². The molecule has 21 heavy (non-hydrogen) atoms. The van der Waals surface area contributed by atoms with E-state index in [1.54, 1.807) is 25.3 Å². The number of ether oxygens (including phenoxy) is 2. The van der Waals surface area contributed by atoms with Crippen LogP contribution in [0.25, 0.3) is 0 Å². The zero-order valence-corrected chi connectivity index (χ0v) is 13.4. The summed E-state index contributed by atoms with van der Waals surface area (Å²) in [6.45, 7) is 2.92. The fourth-order valence-corrected chi connectivity index (χ4v) is 2.30. The highest BCUT2D eigenvalue weighted by molar-refractivity contribution is 5.76. The van der Waals surface area contributed by atoms with Crippen LogP contribution in [0.5, 0.6) is 11.5 Å². The largest absolute Gasteiger partial charge is 0.493 e. The number of aldehydes is 1. The van der Waals surface area contributed by atoms with Gasteiger partial charge in [0.25, 0.3) is 0 Å². The summed E-state index contributed by atoms with van der Waals surface area (Å²) in [6, 6.07) is 5.23. The van der Waals surface area contributed by atoms with Gasteiger partial charge in [0.05, 0.1) is 13.7 Å². The Bertz CT molecular complexity index is 401. The SMILES string of the molecule is CCCCCCCCCCOc1cc(C=O)ccc1OC. The number of unbranched alkanes of at least 4 members (excludes halogenated alkanes) is 7. The fraction of sp³-hybridized carbons (Fsp3) is 0.611. The average Bonchev–Trinajstić information content (AvgIpc) is 2.53. The molecule has 0 aliphatic carbocycles. The van der Waals surface area contributed by atoms with E-state index in [1.807, 2.05) is 0 Å². The molecule has 0 spiro atoms. The van der Waals surface area contributed by atoms with E-state index < -0.39 is 0 Å². The van der Waals surface area contributed by atoms with Crippen molar-refractivity contribution in [3.05, 3.63) is 23.8 Å². The molecular weight excluding hydrogens is 264 g/mol. The zero-order chi connectivity index (χ0) is 15.3. The van der Waals surface area contributed by atoms with Crippen LogP contribution in [0, 0.1) is 0 Å². The lowest BCUT2D eigenvalue weighted by molar-refractivity contribution is 0.112. The van der Waals surface area contributed by atoms with Crippen molar-refractivity contribution in [2.75, 3.05) is 13.7 Å². The van der Waals surface area contributed by atoms with Gasteiger partial charge in [0.15, 0.2) is 11.5 Å². The maximum atomic E-state index is 10.8. The molecule has 1 aromatic rings. The minimum absolute atomic E-state index is 0.613. The quantitative estimate of drug-likeness (QED) is 0.400. The lowest BCUT2D eigenvalue weighted by Crippen LogP contribution is -2.00. The number of hydrogen-bond donors (Lipinski definition) is 0. The maximum absolute atomic E-state index is 10.8. The van der Waals surface area contributed by atoms with Gasteiger partial charge in [0.2, 0.25) is 0 Å². The van der Waals surface area contributed by atoms with Gasteiger partial charge in [-0.05, 0) is 24.6 Å². The lowest BCUT2D eigenvalue weighted by Gasteiger charge is -2.11. The highest BCUT2D eigenvalue weighted by atomic mass is 16.5. The Morgan fingerprint density at radius 3 is 2.24 bits per heavy atom. The summed E-state index contributed by atoms with van der Waals surface area (Å²) in [6.07, 6.45) is 11.0. The first-order valence-corrected chi connectivity index (χ1v) is 8.07. The molecule has 0 fully saturated rings. The van der Waals surface area contributed by atoms with Crippen LogP contribution in [0.15, 0.2) is 18.2 Å². The number of rotatable bonds is 12. The minimum atomic E-state index is 0.613. The fourth-order valence-electron chi connectivity index (χ4n) is 2.30. The third kappa shape index (κ3) is 7.16. The normalized spacial score (nSPS) is 10.4. The van der Waals surface area contributed by atoms with Crippen molar-refractivity contribution < 1.29 is 14.3 Å². The number of benzene rings is 1. The molecule has 0 saturated heterocycles. The average molecular weight is 292 g/mol. The molecule has 0 aliphatic heterocycles. The molecule has 118 valence electrons. The van der Waals surface area contributed by atoms with Gasteiger partial charge in [-0.15, -0.1) is 0 Å². The number of carbonyl (C=O) groups excluding carboxylic acids is 1. The Labute approximate surface area is 128 Å². The van der Waals surface area contributed by atoms with Crippen LogP contribution in [0.1, 0.15) is 68.6 Å². The Morgan fingerprint density at radius 2 is 1.62 bits per heavy atom. The van der Waals surface area contributed by atoms with Crippen molar-refractivity contribution in [2.24, 2.45) is 0 Å². The molecule has 0 heterocycles. The number of hydrogen-bond acceptors (Lipinski definition) is 3.